The monoisotopic (exact) mass is 345 g/mol. The molecule has 0 spiro atoms. The Kier molecular flexibility index (Phi) is 10.9. The van der Waals surface area contributed by atoms with E-state index < -0.39 is 8.32 Å². The summed E-state index contributed by atoms with van der Waals surface area (Å²) in [5.74, 6) is 0. The van der Waals surface area contributed by atoms with Gasteiger partial charge in [-0.15, -0.1) is 0 Å². The zero-order valence-electron chi connectivity index (χ0n) is 17.4. The number of rotatable bonds is 13. The number of nitrogens with zero attached hydrogens (tertiary/aromatic N) is 3. The van der Waals surface area contributed by atoms with E-state index in [0.29, 0.717) is 5.41 Å². The van der Waals surface area contributed by atoms with Gasteiger partial charge in [-0.3, -0.25) is 0 Å². The third kappa shape index (κ3) is 11.3. The number of hydrogen-bond donors (Lipinski definition) is 0. The Bertz CT molecular complexity index is 275. The minimum Gasteiger partial charge on any atom is -0.420 e. The minimum atomic E-state index is -1.50. The van der Waals surface area contributed by atoms with Crippen molar-refractivity contribution in [1.29, 1.82) is 0 Å². The van der Waals surface area contributed by atoms with E-state index in [4.69, 9.17) is 4.43 Å². The molecule has 0 aliphatic carbocycles. The summed E-state index contributed by atoms with van der Waals surface area (Å²) in [6.07, 6.45) is 5.16. The van der Waals surface area contributed by atoms with Crippen LogP contribution >= 0.6 is 0 Å². The minimum absolute atomic E-state index is 0.432. The summed E-state index contributed by atoms with van der Waals surface area (Å²) in [4.78, 5) is 7.00. The molecule has 0 aliphatic rings. The van der Waals surface area contributed by atoms with Gasteiger partial charge in [0.15, 0.2) is 8.32 Å². The molecule has 0 aliphatic heterocycles. The molecule has 23 heavy (non-hydrogen) atoms. The van der Waals surface area contributed by atoms with E-state index in [1.165, 1.54) is 51.4 Å². The van der Waals surface area contributed by atoms with Crippen molar-refractivity contribution in [2.75, 3.05) is 69.0 Å². The second kappa shape index (κ2) is 10.8. The Labute approximate surface area is 147 Å². The topological polar surface area (TPSA) is 19.0 Å². The van der Waals surface area contributed by atoms with Crippen LogP contribution in [-0.2, 0) is 4.43 Å². The fourth-order valence-electron chi connectivity index (χ4n) is 2.80. The first-order valence-corrected chi connectivity index (χ1v) is 12.1. The second-order valence-corrected chi connectivity index (χ2v) is 13.1. The lowest BCUT2D eigenvalue weighted by molar-refractivity contribution is 0.147. The van der Waals surface area contributed by atoms with Crippen molar-refractivity contribution in [3.63, 3.8) is 0 Å². The van der Waals surface area contributed by atoms with E-state index in [1.54, 1.807) is 0 Å². The molecule has 0 aromatic rings. The van der Waals surface area contributed by atoms with Crippen LogP contribution in [0.1, 0.15) is 25.7 Å². The van der Waals surface area contributed by atoms with E-state index in [2.05, 4.69) is 70.1 Å². The highest BCUT2D eigenvalue weighted by atomic mass is 28.4. The van der Waals surface area contributed by atoms with E-state index in [-0.39, 0.29) is 0 Å². The van der Waals surface area contributed by atoms with E-state index in [9.17, 15) is 0 Å². The van der Waals surface area contributed by atoms with Gasteiger partial charge in [0, 0.05) is 7.11 Å². The second-order valence-electron chi connectivity index (χ2n) is 8.62. The van der Waals surface area contributed by atoms with E-state index >= 15 is 0 Å². The number of hydrogen-bond acceptors (Lipinski definition) is 4. The van der Waals surface area contributed by atoms with Crippen molar-refractivity contribution in [3.05, 3.63) is 0 Å². The highest BCUT2D eigenvalue weighted by Gasteiger charge is 2.33. The molecule has 0 saturated heterocycles. The molecule has 140 valence electrons. The first-order chi connectivity index (χ1) is 10.5. The van der Waals surface area contributed by atoms with Crippen molar-refractivity contribution in [2.24, 2.45) is 5.41 Å². The molecule has 0 amide bonds. The largest absolute Gasteiger partial charge is 0.420 e. The molecule has 0 atom stereocenters. The molecule has 0 fully saturated rings. The van der Waals surface area contributed by atoms with Crippen molar-refractivity contribution < 1.29 is 4.43 Å². The summed E-state index contributed by atoms with van der Waals surface area (Å²) >= 11 is 0. The quantitative estimate of drug-likeness (QED) is 0.478. The Hall–Kier alpha value is 0.0569. The first-order valence-electron chi connectivity index (χ1n) is 9.01. The zero-order chi connectivity index (χ0) is 18.1. The van der Waals surface area contributed by atoms with Crippen molar-refractivity contribution in [2.45, 2.75) is 44.8 Å². The summed E-state index contributed by atoms with van der Waals surface area (Å²) < 4.78 is 5.82. The first kappa shape index (κ1) is 23.1. The molecular formula is C18H43N3OSi. The summed E-state index contributed by atoms with van der Waals surface area (Å²) in [5, 5.41) is 0. The predicted octanol–water partition coefficient (Wildman–Crippen LogP) is 3.07. The van der Waals surface area contributed by atoms with Gasteiger partial charge in [-0.25, -0.2) is 0 Å². The third-order valence-corrected chi connectivity index (χ3v) is 7.64. The summed E-state index contributed by atoms with van der Waals surface area (Å²) in [5.41, 5.74) is 0.432. The van der Waals surface area contributed by atoms with Gasteiger partial charge in [-0.2, -0.15) is 0 Å². The Balaban J connectivity index is 5.08. The smallest absolute Gasteiger partial charge is 0.186 e. The van der Waals surface area contributed by atoms with Crippen molar-refractivity contribution in [1.82, 2.24) is 14.7 Å². The van der Waals surface area contributed by atoms with Crippen LogP contribution in [0.25, 0.3) is 0 Å². The van der Waals surface area contributed by atoms with E-state index in [0.717, 1.165) is 0 Å². The van der Waals surface area contributed by atoms with Crippen molar-refractivity contribution >= 4 is 8.32 Å². The van der Waals surface area contributed by atoms with Crippen molar-refractivity contribution in [3.8, 4) is 0 Å². The normalized spacial score (nSPS) is 13.6. The standard InChI is InChI=1S/C18H43N3OSi/c1-19(2)14-10-18(11-15-20(3)4,12-16-21(5)6)13-17-23(8,9)22-7/h10-17H2,1-9H3. The average Bonchev–Trinajstić information content (AvgIpc) is 2.45. The van der Waals surface area contributed by atoms with Crippen LogP contribution in [0, 0.1) is 5.41 Å². The fraction of sp³-hybridized carbons (Fsp3) is 1.00. The maximum Gasteiger partial charge on any atom is 0.186 e. The molecule has 0 radical (unpaired) electrons. The summed E-state index contributed by atoms with van der Waals surface area (Å²) in [6.45, 7) is 8.23. The van der Waals surface area contributed by atoms with Gasteiger partial charge in [0.2, 0.25) is 0 Å². The summed E-state index contributed by atoms with van der Waals surface area (Å²) in [7, 11) is 13.5. The lowest BCUT2D eigenvalue weighted by Crippen LogP contribution is -2.37. The highest BCUT2D eigenvalue weighted by molar-refractivity contribution is 6.71. The van der Waals surface area contributed by atoms with Crippen LogP contribution < -0.4 is 0 Å². The maximum atomic E-state index is 5.82. The Morgan fingerprint density at radius 1 is 0.696 bits per heavy atom. The third-order valence-electron chi connectivity index (χ3n) is 5.08. The molecule has 5 heteroatoms. The van der Waals surface area contributed by atoms with Gasteiger partial charge < -0.3 is 19.1 Å². The lowest BCUT2D eigenvalue weighted by Gasteiger charge is -2.38. The van der Waals surface area contributed by atoms with Gasteiger partial charge in [0.25, 0.3) is 0 Å². The van der Waals surface area contributed by atoms with Gasteiger partial charge >= 0.3 is 0 Å². The van der Waals surface area contributed by atoms with Gasteiger partial charge in [0.05, 0.1) is 0 Å². The van der Waals surface area contributed by atoms with Gasteiger partial charge in [0.1, 0.15) is 0 Å². The lowest BCUT2D eigenvalue weighted by atomic mass is 9.75. The summed E-state index contributed by atoms with van der Waals surface area (Å²) in [6, 6.07) is 1.26. The molecular weight excluding hydrogens is 302 g/mol. The van der Waals surface area contributed by atoms with E-state index in [1.807, 2.05) is 7.11 Å². The Morgan fingerprint density at radius 2 is 1.04 bits per heavy atom. The van der Waals surface area contributed by atoms with Crippen LogP contribution in [0.3, 0.4) is 0 Å². The highest BCUT2D eigenvalue weighted by Crippen LogP contribution is 2.38. The molecule has 0 aromatic carbocycles. The SMILES string of the molecule is CO[Si](C)(C)CCC(CCN(C)C)(CCN(C)C)CCN(C)C. The molecule has 0 saturated carbocycles. The maximum absolute atomic E-state index is 5.82. The average molecular weight is 346 g/mol. The molecule has 0 heterocycles. The van der Waals surface area contributed by atoms with Gasteiger partial charge in [-0.05, 0) is 112 Å². The van der Waals surface area contributed by atoms with Crippen LogP contribution in [0.15, 0.2) is 0 Å². The predicted molar refractivity (Wildman–Crippen MR) is 106 cm³/mol. The zero-order valence-corrected chi connectivity index (χ0v) is 18.4. The fourth-order valence-corrected chi connectivity index (χ4v) is 4.14. The molecule has 0 aromatic heterocycles. The molecule has 0 unspecified atom stereocenters. The molecule has 4 nitrogen and oxygen atoms in total. The Morgan fingerprint density at radius 3 is 1.30 bits per heavy atom. The molecule has 0 rings (SSSR count). The van der Waals surface area contributed by atoms with Gasteiger partial charge in [-0.1, -0.05) is 0 Å². The van der Waals surface area contributed by atoms with Crippen LogP contribution in [0.4, 0.5) is 0 Å². The van der Waals surface area contributed by atoms with Crippen LogP contribution in [0.2, 0.25) is 19.1 Å². The van der Waals surface area contributed by atoms with Crippen LogP contribution in [0.5, 0.6) is 0 Å². The van der Waals surface area contributed by atoms with Crippen LogP contribution in [-0.4, -0.2) is 92.0 Å². The molecule has 0 bridgehead atoms. The molecule has 0 N–H and O–H groups in total.